The number of allylic oxidation sites excluding steroid dienone is 1. The Morgan fingerprint density at radius 3 is 2.70 bits per heavy atom. The lowest BCUT2D eigenvalue weighted by Gasteiger charge is -2.28. The molecule has 1 N–H and O–H groups in total. The summed E-state index contributed by atoms with van der Waals surface area (Å²) < 4.78 is 10.6. The number of rotatable bonds is 4. The maximum Gasteiger partial charge on any atom is 0.149 e. The molecule has 0 atom stereocenters. The smallest absolute Gasteiger partial charge is 0.149 e. The van der Waals surface area contributed by atoms with Gasteiger partial charge in [-0.25, -0.2) is 4.98 Å². The van der Waals surface area contributed by atoms with Gasteiger partial charge in [0.05, 0.1) is 36.9 Å². The monoisotopic (exact) mass is 360 g/mol. The van der Waals surface area contributed by atoms with Gasteiger partial charge in [-0.05, 0) is 35.9 Å². The van der Waals surface area contributed by atoms with Crippen molar-refractivity contribution >= 4 is 28.4 Å². The summed E-state index contributed by atoms with van der Waals surface area (Å²) in [7, 11) is 1.62. The highest BCUT2D eigenvalue weighted by Gasteiger charge is 2.12. The zero-order valence-corrected chi connectivity index (χ0v) is 15.1. The Labute approximate surface area is 157 Å². The van der Waals surface area contributed by atoms with Crippen LogP contribution >= 0.6 is 0 Å². The molecule has 3 aromatic rings. The van der Waals surface area contributed by atoms with Crippen molar-refractivity contribution in [3.05, 3.63) is 53.9 Å². The predicted octanol–water partition coefficient (Wildman–Crippen LogP) is 3.47. The molecule has 0 spiro atoms. The van der Waals surface area contributed by atoms with Crippen molar-refractivity contribution in [2.45, 2.75) is 0 Å². The number of nitrogens with one attached hydrogen (secondary N) is 1. The van der Waals surface area contributed by atoms with Gasteiger partial charge in [0.1, 0.15) is 17.6 Å². The largest absolute Gasteiger partial charge is 0.497 e. The Morgan fingerprint density at radius 1 is 1.22 bits per heavy atom. The predicted molar refractivity (Wildman–Crippen MR) is 106 cm³/mol. The van der Waals surface area contributed by atoms with Crippen molar-refractivity contribution in [2.24, 2.45) is 0 Å². The highest BCUT2D eigenvalue weighted by atomic mass is 16.5. The molecule has 1 aromatic heterocycles. The number of morpholine rings is 1. The summed E-state index contributed by atoms with van der Waals surface area (Å²) in [5.41, 5.74) is 4.26. The number of ether oxygens (including phenoxy) is 2. The molecule has 2 aromatic carbocycles. The lowest BCUT2D eigenvalue weighted by molar-refractivity contribution is 0.122. The Balaban J connectivity index is 1.60. The number of fused-ring (bicyclic) bond motifs is 1. The standard InChI is InChI=1S/C21H20N4O2/c1-26-18-6-7-19-20(13-18)24-21(23-19)16(14-22)12-15-2-4-17(5-3-15)25-8-10-27-11-9-25/h2-7,12-13H,8-11H2,1H3,(H,23,24)/b16-12-. The maximum atomic E-state index is 9.60. The van der Waals surface area contributed by atoms with E-state index in [0.29, 0.717) is 11.4 Å². The number of H-pyrrole nitrogens is 1. The van der Waals surface area contributed by atoms with E-state index < -0.39 is 0 Å². The Bertz CT molecular complexity index is 1010. The Hall–Kier alpha value is -3.30. The molecule has 1 saturated heterocycles. The summed E-state index contributed by atoms with van der Waals surface area (Å²) in [6.07, 6.45) is 1.85. The minimum atomic E-state index is 0.490. The van der Waals surface area contributed by atoms with Crippen LogP contribution in [0, 0.1) is 11.3 Å². The van der Waals surface area contributed by atoms with Crippen LogP contribution in [0.1, 0.15) is 11.4 Å². The van der Waals surface area contributed by atoms with E-state index in [9.17, 15) is 5.26 Å². The second kappa shape index (κ2) is 7.52. The van der Waals surface area contributed by atoms with Crippen molar-refractivity contribution in [2.75, 3.05) is 38.3 Å². The lowest BCUT2D eigenvalue weighted by Crippen LogP contribution is -2.36. The molecular weight excluding hydrogens is 340 g/mol. The van der Waals surface area contributed by atoms with Crippen molar-refractivity contribution < 1.29 is 9.47 Å². The fourth-order valence-electron chi connectivity index (χ4n) is 3.17. The molecule has 1 aliphatic rings. The molecule has 0 unspecified atom stereocenters. The van der Waals surface area contributed by atoms with Crippen LogP contribution in [0.5, 0.6) is 5.75 Å². The minimum absolute atomic E-state index is 0.490. The first-order valence-corrected chi connectivity index (χ1v) is 8.85. The van der Waals surface area contributed by atoms with Crippen LogP contribution in [0.3, 0.4) is 0 Å². The molecule has 136 valence electrons. The van der Waals surface area contributed by atoms with Gasteiger partial charge in [-0.3, -0.25) is 0 Å². The first-order valence-electron chi connectivity index (χ1n) is 8.85. The van der Waals surface area contributed by atoms with Crippen LogP contribution in [0.25, 0.3) is 22.7 Å². The van der Waals surface area contributed by atoms with Gasteiger partial charge < -0.3 is 19.4 Å². The zero-order chi connectivity index (χ0) is 18.6. The molecule has 6 nitrogen and oxygen atoms in total. The number of aromatic nitrogens is 2. The van der Waals surface area contributed by atoms with Gasteiger partial charge in [0.15, 0.2) is 0 Å². The molecule has 0 saturated carbocycles. The molecule has 0 bridgehead atoms. The van der Waals surface area contributed by atoms with Crippen molar-refractivity contribution in [3.63, 3.8) is 0 Å². The third-order valence-electron chi connectivity index (χ3n) is 4.64. The normalized spacial score (nSPS) is 15.0. The lowest BCUT2D eigenvalue weighted by atomic mass is 10.1. The van der Waals surface area contributed by atoms with Gasteiger partial charge in [0.25, 0.3) is 0 Å². The summed E-state index contributed by atoms with van der Waals surface area (Å²) in [6.45, 7) is 3.33. The second-order valence-electron chi connectivity index (χ2n) is 6.33. The average Bonchev–Trinajstić information content (AvgIpc) is 3.16. The fraction of sp³-hybridized carbons (Fsp3) is 0.238. The van der Waals surface area contributed by atoms with Crippen molar-refractivity contribution in [3.8, 4) is 11.8 Å². The van der Waals surface area contributed by atoms with Crippen LogP contribution in [-0.2, 0) is 4.74 Å². The van der Waals surface area contributed by atoms with Gasteiger partial charge in [-0.1, -0.05) is 12.1 Å². The molecule has 1 fully saturated rings. The number of imidazole rings is 1. The Morgan fingerprint density at radius 2 is 2.00 bits per heavy atom. The fourth-order valence-corrected chi connectivity index (χ4v) is 3.17. The van der Waals surface area contributed by atoms with E-state index in [1.54, 1.807) is 7.11 Å². The van der Waals surface area contributed by atoms with E-state index >= 15 is 0 Å². The van der Waals surface area contributed by atoms with E-state index in [-0.39, 0.29) is 0 Å². The van der Waals surface area contributed by atoms with Crippen LogP contribution in [0.4, 0.5) is 5.69 Å². The quantitative estimate of drug-likeness (QED) is 0.721. The first kappa shape index (κ1) is 17.1. The van der Waals surface area contributed by atoms with Gasteiger partial charge in [-0.2, -0.15) is 5.26 Å². The van der Waals surface area contributed by atoms with E-state index in [2.05, 4.69) is 33.1 Å². The molecular formula is C21H20N4O2. The average molecular weight is 360 g/mol. The van der Waals surface area contributed by atoms with Gasteiger partial charge in [-0.15, -0.1) is 0 Å². The van der Waals surface area contributed by atoms with E-state index in [1.165, 1.54) is 5.69 Å². The third kappa shape index (κ3) is 3.64. The highest BCUT2D eigenvalue weighted by Crippen LogP contribution is 2.24. The Kier molecular flexibility index (Phi) is 4.77. The number of hydrogen-bond acceptors (Lipinski definition) is 5. The van der Waals surface area contributed by atoms with Gasteiger partial charge in [0.2, 0.25) is 0 Å². The zero-order valence-electron chi connectivity index (χ0n) is 15.1. The van der Waals surface area contributed by atoms with Crippen LogP contribution < -0.4 is 9.64 Å². The molecule has 2 heterocycles. The minimum Gasteiger partial charge on any atom is -0.497 e. The number of anilines is 1. The summed E-state index contributed by atoms with van der Waals surface area (Å²) in [6, 6.07) is 16.0. The van der Waals surface area contributed by atoms with Crippen LogP contribution in [0.15, 0.2) is 42.5 Å². The number of benzene rings is 2. The molecule has 0 amide bonds. The first-order chi connectivity index (χ1) is 13.3. The molecule has 27 heavy (non-hydrogen) atoms. The number of aromatic amines is 1. The highest BCUT2D eigenvalue weighted by molar-refractivity contribution is 5.90. The van der Waals surface area contributed by atoms with Crippen LogP contribution in [0.2, 0.25) is 0 Å². The van der Waals surface area contributed by atoms with Crippen LogP contribution in [-0.4, -0.2) is 43.4 Å². The SMILES string of the molecule is COc1ccc2nc(/C(C#N)=C\c3ccc(N4CCOCC4)cc3)[nH]c2c1. The molecule has 6 heteroatoms. The molecule has 0 aliphatic carbocycles. The number of nitriles is 1. The van der Waals surface area contributed by atoms with Gasteiger partial charge in [0, 0.05) is 24.8 Å². The van der Waals surface area contributed by atoms with E-state index in [4.69, 9.17) is 9.47 Å². The molecule has 4 rings (SSSR count). The second-order valence-corrected chi connectivity index (χ2v) is 6.33. The third-order valence-corrected chi connectivity index (χ3v) is 4.64. The summed E-state index contributed by atoms with van der Waals surface area (Å²) in [5, 5.41) is 9.60. The summed E-state index contributed by atoms with van der Waals surface area (Å²) in [4.78, 5) is 10.0. The van der Waals surface area contributed by atoms with E-state index in [1.807, 2.05) is 36.4 Å². The molecule has 0 radical (unpaired) electrons. The summed E-state index contributed by atoms with van der Waals surface area (Å²) in [5.74, 6) is 1.30. The number of nitrogens with zero attached hydrogens (tertiary/aromatic N) is 3. The van der Waals surface area contributed by atoms with E-state index in [0.717, 1.165) is 48.6 Å². The van der Waals surface area contributed by atoms with Gasteiger partial charge >= 0.3 is 0 Å². The molecule has 1 aliphatic heterocycles. The summed E-state index contributed by atoms with van der Waals surface area (Å²) >= 11 is 0. The van der Waals surface area contributed by atoms with Crippen molar-refractivity contribution in [1.29, 1.82) is 5.26 Å². The van der Waals surface area contributed by atoms with Crippen molar-refractivity contribution in [1.82, 2.24) is 9.97 Å². The number of methoxy groups -OCH3 is 1. The number of hydrogen-bond donors (Lipinski definition) is 1. The topological polar surface area (TPSA) is 74.2 Å². The maximum absolute atomic E-state index is 9.60.